The van der Waals surface area contributed by atoms with E-state index < -0.39 is 0 Å². The van der Waals surface area contributed by atoms with Crippen molar-refractivity contribution in [1.82, 2.24) is 0 Å². The zero-order valence-electron chi connectivity index (χ0n) is 11.7. The minimum absolute atomic E-state index is 0.0917. The third kappa shape index (κ3) is 4.34. The minimum Gasteiger partial charge on any atom is -0.378 e. The number of aryl methyl sites for hydroxylation is 1. The van der Waals surface area contributed by atoms with Crippen LogP contribution in [0.25, 0.3) is 0 Å². The van der Waals surface area contributed by atoms with Crippen molar-refractivity contribution in [3.05, 3.63) is 64.2 Å². The second-order valence-electron chi connectivity index (χ2n) is 4.84. The Hall–Kier alpha value is -2.31. The molecule has 21 heavy (non-hydrogen) atoms. The third-order valence-electron chi connectivity index (χ3n) is 3.15. The van der Waals surface area contributed by atoms with Crippen LogP contribution in [0, 0.1) is 18.3 Å². The Labute approximate surface area is 129 Å². The Morgan fingerprint density at radius 1 is 1.24 bits per heavy atom. The number of hydrogen-bond acceptors (Lipinski definition) is 3. The SMILES string of the molecule is Cc1cc(Cl)ccc1NCC(=O)Cc1ccc(C#N)cc1. The molecule has 0 unspecified atom stereocenters. The van der Waals surface area contributed by atoms with Crippen molar-refractivity contribution >= 4 is 23.1 Å². The first-order chi connectivity index (χ1) is 10.1. The molecule has 0 saturated heterocycles. The van der Waals surface area contributed by atoms with Crippen molar-refractivity contribution in [2.45, 2.75) is 13.3 Å². The Morgan fingerprint density at radius 2 is 1.95 bits per heavy atom. The number of halogens is 1. The van der Waals surface area contributed by atoms with Crippen LogP contribution < -0.4 is 5.32 Å². The van der Waals surface area contributed by atoms with Crippen molar-refractivity contribution in [2.24, 2.45) is 0 Å². The van der Waals surface area contributed by atoms with Gasteiger partial charge in [-0.05, 0) is 48.4 Å². The molecule has 0 amide bonds. The predicted molar refractivity (Wildman–Crippen MR) is 84.5 cm³/mol. The first-order valence-electron chi connectivity index (χ1n) is 6.59. The Balaban J connectivity index is 1.91. The molecule has 0 aliphatic heterocycles. The minimum atomic E-state index is 0.0917. The lowest BCUT2D eigenvalue weighted by atomic mass is 10.1. The summed E-state index contributed by atoms with van der Waals surface area (Å²) in [5.74, 6) is 0.0917. The number of rotatable bonds is 5. The molecule has 0 aromatic heterocycles. The van der Waals surface area contributed by atoms with Crippen LogP contribution in [0.15, 0.2) is 42.5 Å². The average molecular weight is 299 g/mol. The van der Waals surface area contributed by atoms with Gasteiger partial charge in [0.2, 0.25) is 0 Å². The molecule has 0 atom stereocenters. The fraction of sp³-hybridized carbons (Fsp3) is 0.176. The normalized spacial score (nSPS) is 9.95. The highest BCUT2D eigenvalue weighted by Gasteiger charge is 2.05. The molecule has 2 rings (SSSR count). The number of carbonyl (C=O) groups excluding carboxylic acids is 1. The van der Waals surface area contributed by atoms with E-state index in [9.17, 15) is 4.79 Å². The molecule has 0 fully saturated rings. The number of carbonyl (C=O) groups is 1. The number of ketones is 1. The summed E-state index contributed by atoms with van der Waals surface area (Å²) in [6.45, 7) is 2.21. The third-order valence-corrected chi connectivity index (χ3v) is 3.38. The maximum absolute atomic E-state index is 12.0. The van der Waals surface area contributed by atoms with Gasteiger partial charge in [-0.2, -0.15) is 5.26 Å². The van der Waals surface area contributed by atoms with Crippen molar-refractivity contribution in [2.75, 3.05) is 11.9 Å². The molecule has 1 N–H and O–H groups in total. The summed E-state index contributed by atoms with van der Waals surface area (Å²) in [6, 6.07) is 14.6. The lowest BCUT2D eigenvalue weighted by Gasteiger charge is -2.09. The number of hydrogen-bond donors (Lipinski definition) is 1. The molecule has 0 bridgehead atoms. The predicted octanol–water partition coefficient (Wildman–Crippen LogP) is 3.74. The second kappa shape index (κ2) is 6.92. The number of nitriles is 1. The Kier molecular flexibility index (Phi) is 4.97. The van der Waals surface area contributed by atoms with Crippen LogP contribution in [0.3, 0.4) is 0 Å². The number of Topliss-reactive ketones (excluding diaryl/α,β-unsaturated/α-hetero) is 1. The van der Waals surface area contributed by atoms with Crippen LogP contribution in [0.1, 0.15) is 16.7 Å². The van der Waals surface area contributed by atoms with Crippen LogP contribution >= 0.6 is 11.6 Å². The van der Waals surface area contributed by atoms with Gasteiger partial charge in [0, 0.05) is 17.1 Å². The Bertz CT molecular complexity index is 687. The summed E-state index contributed by atoms with van der Waals surface area (Å²) in [4.78, 5) is 12.0. The number of benzene rings is 2. The zero-order chi connectivity index (χ0) is 15.2. The first kappa shape index (κ1) is 15.1. The van der Waals surface area contributed by atoms with Gasteiger partial charge in [-0.1, -0.05) is 23.7 Å². The van der Waals surface area contributed by atoms with Gasteiger partial charge in [0.15, 0.2) is 5.78 Å². The molecule has 0 heterocycles. The highest BCUT2D eigenvalue weighted by molar-refractivity contribution is 6.30. The zero-order valence-corrected chi connectivity index (χ0v) is 12.4. The second-order valence-corrected chi connectivity index (χ2v) is 5.27. The Morgan fingerprint density at radius 3 is 2.57 bits per heavy atom. The van der Waals surface area contributed by atoms with Crippen molar-refractivity contribution in [3.8, 4) is 6.07 Å². The van der Waals surface area contributed by atoms with Crippen LogP contribution in [0.5, 0.6) is 0 Å². The summed E-state index contributed by atoms with van der Waals surface area (Å²) in [7, 11) is 0. The fourth-order valence-corrected chi connectivity index (χ4v) is 2.23. The molecular formula is C17H15ClN2O. The van der Waals surface area contributed by atoms with Crippen molar-refractivity contribution in [1.29, 1.82) is 5.26 Å². The van der Waals surface area contributed by atoms with Gasteiger partial charge in [-0.3, -0.25) is 4.79 Å². The van der Waals surface area contributed by atoms with E-state index in [0.29, 0.717) is 17.0 Å². The van der Waals surface area contributed by atoms with E-state index in [2.05, 4.69) is 11.4 Å². The van der Waals surface area contributed by atoms with Gasteiger partial charge in [0.1, 0.15) is 0 Å². The van der Waals surface area contributed by atoms with Crippen molar-refractivity contribution in [3.63, 3.8) is 0 Å². The molecule has 0 spiro atoms. The maximum Gasteiger partial charge on any atom is 0.156 e. The smallest absolute Gasteiger partial charge is 0.156 e. The largest absolute Gasteiger partial charge is 0.378 e. The molecule has 106 valence electrons. The van der Waals surface area contributed by atoms with Gasteiger partial charge >= 0.3 is 0 Å². The van der Waals surface area contributed by atoms with E-state index >= 15 is 0 Å². The maximum atomic E-state index is 12.0. The van der Waals surface area contributed by atoms with E-state index in [-0.39, 0.29) is 12.3 Å². The molecule has 0 aliphatic rings. The van der Waals surface area contributed by atoms with Crippen LogP contribution in [-0.4, -0.2) is 12.3 Å². The van der Waals surface area contributed by atoms with E-state index in [1.807, 2.05) is 31.2 Å². The highest BCUT2D eigenvalue weighted by atomic mass is 35.5. The average Bonchev–Trinajstić information content (AvgIpc) is 2.47. The summed E-state index contributed by atoms with van der Waals surface area (Å²) in [5.41, 5.74) is 3.43. The first-order valence-corrected chi connectivity index (χ1v) is 6.97. The molecule has 3 nitrogen and oxygen atoms in total. The number of anilines is 1. The van der Waals surface area contributed by atoms with E-state index in [1.54, 1.807) is 18.2 Å². The molecule has 0 saturated carbocycles. The van der Waals surface area contributed by atoms with Crippen LogP contribution in [0.4, 0.5) is 5.69 Å². The van der Waals surface area contributed by atoms with Gasteiger partial charge in [-0.25, -0.2) is 0 Å². The monoisotopic (exact) mass is 298 g/mol. The molecular weight excluding hydrogens is 284 g/mol. The molecule has 2 aromatic carbocycles. The molecule has 2 aromatic rings. The topological polar surface area (TPSA) is 52.9 Å². The fourth-order valence-electron chi connectivity index (χ4n) is 2.01. The summed E-state index contributed by atoms with van der Waals surface area (Å²) in [5, 5.41) is 12.5. The highest BCUT2D eigenvalue weighted by Crippen LogP contribution is 2.19. The van der Waals surface area contributed by atoms with Gasteiger partial charge in [-0.15, -0.1) is 0 Å². The van der Waals surface area contributed by atoms with E-state index in [4.69, 9.17) is 16.9 Å². The van der Waals surface area contributed by atoms with Crippen LogP contribution in [0.2, 0.25) is 5.02 Å². The molecule has 0 radical (unpaired) electrons. The quantitative estimate of drug-likeness (QED) is 0.915. The summed E-state index contributed by atoms with van der Waals surface area (Å²) >= 11 is 5.89. The lowest BCUT2D eigenvalue weighted by molar-refractivity contribution is -0.116. The van der Waals surface area contributed by atoms with Gasteiger partial charge in [0.05, 0.1) is 18.2 Å². The van der Waals surface area contributed by atoms with Gasteiger partial charge < -0.3 is 5.32 Å². The number of nitrogens with zero attached hydrogens (tertiary/aromatic N) is 1. The van der Waals surface area contributed by atoms with Gasteiger partial charge in [0.25, 0.3) is 0 Å². The summed E-state index contributed by atoms with van der Waals surface area (Å²) < 4.78 is 0. The van der Waals surface area contributed by atoms with E-state index in [1.165, 1.54) is 0 Å². The van der Waals surface area contributed by atoms with E-state index in [0.717, 1.165) is 16.8 Å². The standard InChI is InChI=1S/C17H15ClN2O/c1-12-8-15(18)6-7-17(12)20-11-16(21)9-13-2-4-14(10-19)5-3-13/h2-8,20H,9,11H2,1H3. The number of nitrogens with one attached hydrogen (secondary N) is 1. The lowest BCUT2D eigenvalue weighted by Crippen LogP contribution is -2.16. The summed E-state index contributed by atoms with van der Waals surface area (Å²) in [6.07, 6.45) is 0.353. The molecule has 0 aliphatic carbocycles. The van der Waals surface area contributed by atoms with Crippen LogP contribution in [-0.2, 0) is 11.2 Å². The molecule has 4 heteroatoms. The van der Waals surface area contributed by atoms with Crippen molar-refractivity contribution < 1.29 is 4.79 Å².